The highest BCUT2D eigenvalue weighted by atomic mass is 16.5. The monoisotopic (exact) mass is 274 g/mol. The normalized spacial score (nSPS) is 27.3. The van der Waals surface area contributed by atoms with Crippen molar-refractivity contribution in [2.45, 2.75) is 18.9 Å². The standard InChI is InChI=1S/C16H22N2O2/c19-16(18-10-8-17-9-11-18)14-7-4-12-20-15(14)13-5-2-1-3-6-13/h1-3,5-6,14-15,17H,4,7-12H2. The molecule has 2 unspecified atom stereocenters. The number of piperazine rings is 1. The number of hydrogen-bond acceptors (Lipinski definition) is 3. The molecule has 108 valence electrons. The summed E-state index contributed by atoms with van der Waals surface area (Å²) in [6.07, 6.45) is 1.83. The smallest absolute Gasteiger partial charge is 0.228 e. The summed E-state index contributed by atoms with van der Waals surface area (Å²) in [7, 11) is 0. The summed E-state index contributed by atoms with van der Waals surface area (Å²) in [5, 5.41) is 3.29. The second-order valence-corrected chi connectivity index (χ2v) is 5.53. The molecule has 1 amide bonds. The van der Waals surface area contributed by atoms with Gasteiger partial charge < -0.3 is 15.0 Å². The lowest BCUT2D eigenvalue weighted by atomic mass is 9.88. The van der Waals surface area contributed by atoms with Crippen LogP contribution in [0.2, 0.25) is 0 Å². The lowest BCUT2D eigenvalue weighted by molar-refractivity contribution is -0.146. The fraction of sp³-hybridized carbons (Fsp3) is 0.562. The molecule has 0 aliphatic carbocycles. The van der Waals surface area contributed by atoms with Crippen LogP contribution in [0.25, 0.3) is 0 Å². The Morgan fingerprint density at radius 2 is 1.95 bits per heavy atom. The van der Waals surface area contributed by atoms with E-state index in [0.717, 1.165) is 51.2 Å². The van der Waals surface area contributed by atoms with Crippen LogP contribution in [0.4, 0.5) is 0 Å². The van der Waals surface area contributed by atoms with Crippen LogP contribution in [0.15, 0.2) is 30.3 Å². The van der Waals surface area contributed by atoms with E-state index in [1.165, 1.54) is 0 Å². The molecule has 20 heavy (non-hydrogen) atoms. The number of benzene rings is 1. The number of ether oxygens (including phenoxy) is 1. The largest absolute Gasteiger partial charge is 0.373 e. The molecule has 0 saturated carbocycles. The summed E-state index contributed by atoms with van der Waals surface area (Å²) >= 11 is 0. The molecule has 1 aromatic carbocycles. The van der Waals surface area contributed by atoms with E-state index in [4.69, 9.17) is 4.74 Å². The minimum Gasteiger partial charge on any atom is -0.373 e. The Labute approximate surface area is 120 Å². The van der Waals surface area contributed by atoms with Crippen molar-refractivity contribution < 1.29 is 9.53 Å². The van der Waals surface area contributed by atoms with Gasteiger partial charge in [0.25, 0.3) is 0 Å². The molecule has 0 bridgehead atoms. The van der Waals surface area contributed by atoms with Gasteiger partial charge in [0, 0.05) is 32.8 Å². The van der Waals surface area contributed by atoms with E-state index >= 15 is 0 Å². The number of carbonyl (C=O) groups is 1. The van der Waals surface area contributed by atoms with Gasteiger partial charge in [-0.1, -0.05) is 30.3 Å². The Morgan fingerprint density at radius 3 is 2.70 bits per heavy atom. The van der Waals surface area contributed by atoms with Gasteiger partial charge in [-0.25, -0.2) is 0 Å². The maximum Gasteiger partial charge on any atom is 0.228 e. The molecule has 3 rings (SSSR count). The van der Waals surface area contributed by atoms with Crippen molar-refractivity contribution in [3.05, 3.63) is 35.9 Å². The molecule has 2 aliphatic rings. The summed E-state index contributed by atoms with van der Waals surface area (Å²) in [5.41, 5.74) is 1.13. The fourth-order valence-electron chi connectivity index (χ4n) is 3.13. The maximum atomic E-state index is 12.8. The molecule has 0 aromatic heterocycles. The van der Waals surface area contributed by atoms with Gasteiger partial charge in [-0.2, -0.15) is 0 Å². The van der Waals surface area contributed by atoms with E-state index < -0.39 is 0 Å². The van der Waals surface area contributed by atoms with Crippen LogP contribution < -0.4 is 5.32 Å². The Bertz CT molecular complexity index is 443. The first kappa shape index (κ1) is 13.6. The summed E-state index contributed by atoms with van der Waals surface area (Å²) in [6.45, 7) is 4.18. The summed E-state index contributed by atoms with van der Waals surface area (Å²) in [6, 6.07) is 10.2. The van der Waals surface area contributed by atoms with Crippen LogP contribution in [-0.2, 0) is 9.53 Å². The zero-order valence-electron chi connectivity index (χ0n) is 11.8. The molecule has 4 nitrogen and oxygen atoms in total. The average Bonchev–Trinajstić information content (AvgIpc) is 2.56. The minimum absolute atomic E-state index is 0.0238. The molecular weight excluding hydrogens is 252 g/mol. The molecule has 2 fully saturated rings. The number of rotatable bonds is 2. The SMILES string of the molecule is O=C(C1CCCOC1c1ccccc1)N1CCNCC1. The summed E-state index contributed by atoms with van der Waals surface area (Å²) < 4.78 is 5.93. The lowest BCUT2D eigenvalue weighted by Crippen LogP contribution is -2.50. The first-order valence-electron chi connectivity index (χ1n) is 7.52. The first-order valence-corrected chi connectivity index (χ1v) is 7.52. The van der Waals surface area contributed by atoms with E-state index in [1.54, 1.807) is 0 Å². The van der Waals surface area contributed by atoms with E-state index in [-0.39, 0.29) is 17.9 Å². The topological polar surface area (TPSA) is 41.6 Å². The third-order valence-electron chi connectivity index (χ3n) is 4.20. The predicted molar refractivity (Wildman–Crippen MR) is 77.3 cm³/mol. The van der Waals surface area contributed by atoms with Gasteiger partial charge in [0.05, 0.1) is 12.0 Å². The Balaban J connectivity index is 1.76. The second kappa shape index (κ2) is 6.37. The van der Waals surface area contributed by atoms with Crippen molar-refractivity contribution in [3.8, 4) is 0 Å². The number of hydrogen-bond donors (Lipinski definition) is 1. The molecule has 0 radical (unpaired) electrons. The van der Waals surface area contributed by atoms with E-state index in [0.29, 0.717) is 0 Å². The molecule has 0 spiro atoms. The zero-order valence-corrected chi connectivity index (χ0v) is 11.8. The molecule has 2 heterocycles. The van der Waals surface area contributed by atoms with Crippen molar-refractivity contribution in [2.75, 3.05) is 32.8 Å². The van der Waals surface area contributed by atoms with Gasteiger partial charge in [-0.05, 0) is 18.4 Å². The van der Waals surface area contributed by atoms with Crippen LogP contribution in [0, 0.1) is 5.92 Å². The van der Waals surface area contributed by atoms with Crippen LogP contribution in [0.1, 0.15) is 24.5 Å². The Hall–Kier alpha value is -1.39. The molecule has 2 atom stereocenters. The number of amides is 1. The van der Waals surface area contributed by atoms with Crippen molar-refractivity contribution in [1.82, 2.24) is 10.2 Å². The van der Waals surface area contributed by atoms with E-state index in [1.807, 2.05) is 23.1 Å². The highest BCUT2D eigenvalue weighted by molar-refractivity contribution is 5.80. The molecule has 1 aromatic rings. The van der Waals surface area contributed by atoms with Crippen LogP contribution >= 0.6 is 0 Å². The molecule has 2 aliphatic heterocycles. The first-order chi connectivity index (χ1) is 9.86. The average molecular weight is 274 g/mol. The molecule has 4 heteroatoms. The van der Waals surface area contributed by atoms with Gasteiger partial charge in [0.15, 0.2) is 0 Å². The van der Waals surface area contributed by atoms with Gasteiger partial charge in [-0.3, -0.25) is 4.79 Å². The maximum absolute atomic E-state index is 12.8. The Morgan fingerprint density at radius 1 is 1.20 bits per heavy atom. The second-order valence-electron chi connectivity index (χ2n) is 5.53. The highest BCUT2D eigenvalue weighted by Crippen LogP contribution is 2.34. The van der Waals surface area contributed by atoms with Crippen molar-refractivity contribution in [3.63, 3.8) is 0 Å². The van der Waals surface area contributed by atoms with Crippen LogP contribution in [0.5, 0.6) is 0 Å². The summed E-state index contributed by atoms with van der Waals surface area (Å²) in [4.78, 5) is 14.7. The quantitative estimate of drug-likeness (QED) is 0.890. The summed E-state index contributed by atoms with van der Waals surface area (Å²) in [5.74, 6) is 0.240. The highest BCUT2D eigenvalue weighted by Gasteiger charge is 2.35. The van der Waals surface area contributed by atoms with Crippen LogP contribution in [-0.4, -0.2) is 43.6 Å². The molecule has 1 N–H and O–H groups in total. The number of nitrogens with one attached hydrogen (secondary N) is 1. The van der Waals surface area contributed by atoms with Gasteiger partial charge in [-0.15, -0.1) is 0 Å². The van der Waals surface area contributed by atoms with E-state index in [9.17, 15) is 4.79 Å². The van der Waals surface area contributed by atoms with Crippen molar-refractivity contribution in [2.24, 2.45) is 5.92 Å². The number of nitrogens with zero attached hydrogens (tertiary/aromatic N) is 1. The van der Waals surface area contributed by atoms with Gasteiger partial charge >= 0.3 is 0 Å². The predicted octanol–water partition coefficient (Wildman–Crippen LogP) is 1.59. The van der Waals surface area contributed by atoms with Crippen molar-refractivity contribution >= 4 is 5.91 Å². The van der Waals surface area contributed by atoms with E-state index in [2.05, 4.69) is 17.4 Å². The van der Waals surface area contributed by atoms with Crippen LogP contribution in [0.3, 0.4) is 0 Å². The lowest BCUT2D eigenvalue weighted by Gasteiger charge is -2.36. The fourth-order valence-corrected chi connectivity index (χ4v) is 3.13. The third kappa shape index (κ3) is 2.86. The van der Waals surface area contributed by atoms with Gasteiger partial charge in [0.1, 0.15) is 0 Å². The minimum atomic E-state index is -0.0765. The number of carbonyl (C=O) groups excluding carboxylic acids is 1. The molecular formula is C16H22N2O2. The molecule has 2 saturated heterocycles. The van der Waals surface area contributed by atoms with Crippen molar-refractivity contribution in [1.29, 1.82) is 0 Å². The third-order valence-corrected chi connectivity index (χ3v) is 4.20. The Kier molecular flexibility index (Phi) is 4.33. The zero-order chi connectivity index (χ0) is 13.8. The van der Waals surface area contributed by atoms with Gasteiger partial charge in [0.2, 0.25) is 5.91 Å².